The van der Waals surface area contributed by atoms with Gasteiger partial charge in [0.15, 0.2) is 28.5 Å². The van der Waals surface area contributed by atoms with E-state index in [0.29, 0.717) is 46.5 Å². The summed E-state index contributed by atoms with van der Waals surface area (Å²) in [7, 11) is 2.25. The SMILES string of the molecule is Nc1nc2ncc(CCc3ccc(C(=O)C[C@H](CCC(=O)NC[C@H](N)C(=O)NC(CC(=O)O)C(=O)C[C@@H](CSSCCNC(=O)Oc4cc5c(c6ccccc46)[C@@H](CCl)CN5C(=O)c4cc5cc(CC(=O)c6cc7ccccc7[nH]6)ccc5[nH]4)C(=O)O)C(=O)O)cc3)nc2c(=O)[nH]1. The number of benzene rings is 5. The molecule has 9 aromatic rings. The summed E-state index contributed by atoms with van der Waals surface area (Å²) in [6.45, 7) is -0.219. The lowest BCUT2D eigenvalue weighted by Gasteiger charge is -2.21. The van der Waals surface area contributed by atoms with E-state index in [4.69, 9.17) is 27.8 Å². The van der Waals surface area contributed by atoms with Crippen LogP contribution in [0.5, 0.6) is 5.75 Å². The molecule has 1 unspecified atom stereocenters. The van der Waals surface area contributed by atoms with Gasteiger partial charge < -0.3 is 62.3 Å². The zero-order chi connectivity index (χ0) is 69.0. The van der Waals surface area contributed by atoms with Crippen LogP contribution in [-0.4, -0.2) is 153 Å². The number of ether oxygens (including phenoxy) is 1. The molecule has 0 saturated carbocycles. The summed E-state index contributed by atoms with van der Waals surface area (Å²) in [6, 6.07) is 28.9. The zero-order valence-corrected chi connectivity index (χ0v) is 54.0. The number of nitrogens with two attached hydrogens (primary N) is 2. The maximum Gasteiger partial charge on any atom is 0.412 e. The van der Waals surface area contributed by atoms with Gasteiger partial charge in [-0.15, -0.1) is 11.6 Å². The number of hydrogen-bond acceptors (Lipinski definition) is 19. The Labute approximate surface area is 564 Å². The number of nitrogen functional groups attached to an aromatic ring is 1. The van der Waals surface area contributed by atoms with E-state index in [-0.39, 0.29) is 95.8 Å². The third-order valence-corrected chi connectivity index (χ3v) is 19.2. The number of nitrogens with one attached hydrogen (secondary N) is 6. The topological polar surface area (TPSA) is 435 Å². The van der Waals surface area contributed by atoms with Gasteiger partial charge in [0.1, 0.15) is 17.5 Å². The Balaban J connectivity index is 0.654. The Hall–Kier alpha value is -10.5. The molecule has 5 heterocycles. The van der Waals surface area contributed by atoms with Gasteiger partial charge in [-0.25, -0.2) is 14.8 Å². The van der Waals surface area contributed by atoms with Crippen molar-refractivity contribution in [2.75, 3.05) is 47.7 Å². The van der Waals surface area contributed by atoms with E-state index in [1.807, 2.05) is 60.7 Å². The number of aromatic amines is 3. The largest absolute Gasteiger partial charge is 0.481 e. The molecule has 4 aromatic heterocycles. The number of amides is 4. The van der Waals surface area contributed by atoms with E-state index in [1.165, 1.54) is 17.0 Å². The molecular formula is C67H65ClN12O15S2. The molecule has 5 atom stereocenters. The lowest BCUT2D eigenvalue weighted by molar-refractivity contribution is -0.144. The van der Waals surface area contributed by atoms with Gasteiger partial charge in [-0.3, -0.25) is 52.9 Å². The second kappa shape index (κ2) is 31.4. The molecule has 0 saturated heterocycles. The van der Waals surface area contributed by atoms with Crippen LogP contribution < -0.4 is 42.6 Å². The number of halogens is 1. The number of aryl methyl sites for hydroxylation is 2. The number of alkyl halides is 1. The Morgan fingerprint density at radius 1 is 0.742 bits per heavy atom. The molecular weight excluding hydrogens is 1310 g/mol. The molecule has 27 nitrogen and oxygen atoms in total. The van der Waals surface area contributed by atoms with Crippen molar-refractivity contribution >= 4 is 148 Å². The maximum atomic E-state index is 14.5. The van der Waals surface area contributed by atoms with Crippen molar-refractivity contribution in [3.63, 3.8) is 0 Å². The minimum Gasteiger partial charge on any atom is -0.481 e. The molecule has 13 N–H and O–H groups in total. The number of anilines is 2. The molecule has 5 aromatic carbocycles. The van der Waals surface area contributed by atoms with Crippen LogP contribution in [0.1, 0.15) is 91.7 Å². The van der Waals surface area contributed by atoms with E-state index >= 15 is 0 Å². The number of carboxylic acids is 3. The van der Waals surface area contributed by atoms with Gasteiger partial charge in [-0.2, -0.15) is 4.98 Å². The Kier molecular flexibility index (Phi) is 22.4. The van der Waals surface area contributed by atoms with Crippen molar-refractivity contribution in [1.82, 2.24) is 45.9 Å². The molecule has 0 fully saturated rings. The maximum absolute atomic E-state index is 14.5. The van der Waals surface area contributed by atoms with Crippen LogP contribution in [0.4, 0.5) is 16.4 Å². The normalized spacial score (nSPS) is 14.0. The van der Waals surface area contributed by atoms with Crippen molar-refractivity contribution in [2.45, 2.75) is 69.4 Å². The predicted molar refractivity (Wildman–Crippen MR) is 364 cm³/mol. The van der Waals surface area contributed by atoms with Crippen molar-refractivity contribution in [3.05, 3.63) is 165 Å². The van der Waals surface area contributed by atoms with E-state index in [0.717, 1.165) is 49.2 Å². The van der Waals surface area contributed by atoms with E-state index in [1.54, 1.807) is 53.4 Å². The summed E-state index contributed by atoms with van der Waals surface area (Å²) in [4.78, 5) is 165. The molecule has 0 radical (unpaired) electrons. The fourth-order valence-corrected chi connectivity index (χ4v) is 13.7. The quantitative estimate of drug-likeness (QED) is 0.00884. The first-order valence-corrected chi connectivity index (χ1v) is 33.6. The number of carboxylic acid groups (broad SMARTS) is 3. The molecule has 10 rings (SSSR count). The molecule has 1 aliphatic heterocycles. The fraction of sp³-hybridized carbons (Fsp3) is 0.284. The Bertz CT molecular complexity index is 4590. The summed E-state index contributed by atoms with van der Waals surface area (Å²) in [5.74, 6) is -10.3. The third-order valence-electron chi connectivity index (χ3n) is 16.3. The highest BCUT2D eigenvalue weighted by Crippen LogP contribution is 2.46. The average molecular weight is 1380 g/mol. The van der Waals surface area contributed by atoms with Gasteiger partial charge in [0, 0.05) is 107 Å². The molecule has 502 valence electrons. The zero-order valence-electron chi connectivity index (χ0n) is 51.6. The monoisotopic (exact) mass is 1380 g/mol. The standard InChI is InChI=1S/C67H65ClN12O15S2/c68-29-41-32-80(63(89)50-24-39-21-35(12-17-47(39)76-50)22-53(82)48-23-37-5-1-4-8-46(37)75-48)51-28-55(43-6-2-3-7-44(43)58(41)51)95-67(94)71-19-20-96-97-33-40(65(92)93)26-54(83)49(27-57(85)86)77-61(87)45(69)31-72-56(84)18-15-38(64(90)91)25-52(81)36-13-9-34(10-14-36)11-16-42-30-73-60-59(74-42)62(88)79-66(70)78-60/h1-10,12-14,17,21,23-24,28,30,38,40-41,45,49,75-76H,11,15-16,18-20,22,25-27,29,31-33,69H2,(H,71,94)(H,72,84)(H,77,87)(H,85,86)(H,90,91)(H,92,93)(H3,70,73,78,79,88)/t38-,40-,41-,45-,49?/m0/s1. The number of nitrogens with zero attached hydrogens (tertiary/aromatic N) is 4. The Morgan fingerprint density at radius 2 is 1.45 bits per heavy atom. The number of para-hydroxylation sites is 1. The van der Waals surface area contributed by atoms with Gasteiger partial charge >= 0.3 is 24.0 Å². The van der Waals surface area contributed by atoms with E-state index in [9.17, 15) is 68.1 Å². The Morgan fingerprint density at radius 3 is 2.20 bits per heavy atom. The minimum atomic E-state index is -1.70. The summed E-state index contributed by atoms with van der Waals surface area (Å²) in [5.41, 5.74) is 17.2. The first-order chi connectivity index (χ1) is 46.6. The summed E-state index contributed by atoms with van der Waals surface area (Å²) in [6.07, 6.45) is -0.997. The predicted octanol–water partition coefficient (Wildman–Crippen LogP) is 6.89. The lowest BCUT2D eigenvalue weighted by atomic mass is 9.93. The van der Waals surface area contributed by atoms with Crippen LogP contribution in [0, 0.1) is 11.8 Å². The number of carbonyl (C=O) groups is 10. The van der Waals surface area contributed by atoms with Crippen molar-refractivity contribution < 1.29 is 68.0 Å². The lowest BCUT2D eigenvalue weighted by Crippen LogP contribution is -2.53. The molecule has 0 spiro atoms. The summed E-state index contributed by atoms with van der Waals surface area (Å²) in [5, 5.41) is 39.9. The number of H-pyrrole nitrogens is 3. The van der Waals surface area contributed by atoms with Crippen molar-refractivity contribution in [1.29, 1.82) is 0 Å². The van der Waals surface area contributed by atoms with Crippen LogP contribution in [0.2, 0.25) is 0 Å². The van der Waals surface area contributed by atoms with Crippen LogP contribution >= 0.6 is 33.2 Å². The molecule has 4 amide bonds. The highest BCUT2D eigenvalue weighted by molar-refractivity contribution is 8.76. The number of aliphatic carboxylic acids is 3. The highest BCUT2D eigenvalue weighted by atomic mass is 35.5. The number of fused-ring (bicyclic) bond motifs is 6. The van der Waals surface area contributed by atoms with Gasteiger partial charge in [0.05, 0.1) is 47.6 Å². The van der Waals surface area contributed by atoms with Gasteiger partial charge in [-0.05, 0) is 71.7 Å². The number of rotatable bonds is 32. The highest BCUT2D eigenvalue weighted by Gasteiger charge is 2.37. The molecule has 30 heteroatoms. The number of aromatic nitrogens is 6. The van der Waals surface area contributed by atoms with Gasteiger partial charge in [0.2, 0.25) is 17.8 Å². The second-order valence-corrected chi connectivity index (χ2v) is 26.1. The molecule has 1 aliphatic rings. The summed E-state index contributed by atoms with van der Waals surface area (Å²) >= 11 is 6.56. The van der Waals surface area contributed by atoms with Crippen LogP contribution in [0.15, 0.2) is 120 Å². The third kappa shape index (κ3) is 17.3. The number of ketones is 3. The minimum absolute atomic E-state index is 0.0402. The van der Waals surface area contributed by atoms with Crippen LogP contribution in [0.25, 0.3) is 43.7 Å². The van der Waals surface area contributed by atoms with Crippen LogP contribution in [0.3, 0.4) is 0 Å². The van der Waals surface area contributed by atoms with Crippen LogP contribution in [-0.2, 0) is 48.0 Å². The summed E-state index contributed by atoms with van der Waals surface area (Å²) < 4.78 is 5.88. The fourth-order valence-electron chi connectivity index (χ4n) is 11.3. The number of carbonyl (C=O) groups excluding carboxylic acids is 7. The molecule has 0 bridgehead atoms. The number of hydrogen-bond donors (Lipinski definition) is 11. The smallest absolute Gasteiger partial charge is 0.412 e. The first-order valence-electron chi connectivity index (χ1n) is 30.6. The van der Waals surface area contributed by atoms with E-state index < -0.39 is 103 Å². The van der Waals surface area contributed by atoms with Crippen molar-refractivity contribution in [2.24, 2.45) is 17.6 Å². The van der Waals surface area contributed by atoms with E-state index in [2.05, 4.69) is 45.9 Å². The van der Waals surface area contributed by atoms with Gasteiger partial charge in [-0.1, -0.05) is 94.4 Å². The number of Topliss-reactive ketones (excluding diaryl/α,β-unsaturated/α-hetero) is 3. The molecule has 0 aliphatic carbocycles. The molecule has 97 heavy (non-hydrogen) atoms. The van der Waals surface area contributed by atoms with Gasteiger partial charge in [0.25, 0.3) is 11.5 Å². The first kappa shape index (κ1) is 69.3. The van der Waals surface area contributed by atoms with Crippen molar-refractivity contribution in [3.8, 4) is 5.75 Å². The average Bonchev–Trinajstić information content (AvgIpc) is 1.61. The second-order valence-electron chi connectivity index (χ2n) is 23.2.